The van der Waals surface area contributed by atoms with Crippen molar-refractivity contribution in [3.05, 3.63) is 69.7 Å². The molecular formula is C18H13BrN2O3. The van der Waals surface area contributed by atoms with Gasteiger partial charge in [0.15, 0.2) is 0 Å². The second kappa shape index (κ2) is 6.41. The van der Waals surface area contributed by atoms with Gasteiger partial charge in [-0.25, -0.2) is 0 Å². The van der Waals surface area contributed by atoms with Crippen molar-refractivity contribution < 1.29 is 14.4 Å². The van der Waals surface area contributed by atoms with E-state index in [1.807, 2.05) is 24.3 Å². The van der Waals surface area contributed by atoms with Gasteiger partial charge in [0.25, 0.3) is 11.8 Å². The fraction of sp³-hybridized carbons (Fsp3) is 0.0556. The molecular weight excluding hydrogens is 372 g/mol. The molecule has 2 aromatic rings. The predicted molar refractivity (Wildman–Crippen MR) is 94.7 cm³/mol. The van der Waals surface area contributed by atoms with E-state index in [9.17, 15) is 14.4 Å². The molecule has 0 radical (unpaired) electrons. The maximum Gasteiger partial charge on any atom is 0.261 e. The van der Waals surface area contributed by atoms with Crippen molar-refractivity contribution >= 4 is 45.4 Å². The molecule has 0 aliphatic carbocycles. The fourth-order valence-electron chi connectivity index (χ4n) is 2.41. The SMILES string of the molecule is CN1C(=O)c2ccc(NC(=O)/C=C/c3cccc(Br)c3)cc2C1=O. The highest BCUT2D eigenvalue weighted by molar-refractivity contribution is 9.10. The number of rotatable bonds is 3. The Morgan fingerprint density at radius 2 is 1.83 bits per heavy atom. The number of anilines is 1. The summed E-state index contributed by atoms with van der Waals surface area (Å²) in [7, 11) is 1.43. The van der Waals surface area contributed by atoms with Crippen LogP contribution in [0.15, 0.2) is 53.0 Å². The Hall–Kier alpha value is -2.73. The Bertz CT molecular complexity index is 890. The van der Waals surface area contributed by atoms with Gasteiger partial charge in [0.2, 0.25) is 5.91 Å². The largest absolute Gasteiger partial charge is 0.322 e. The minimum Gasteiger partial charge on any atom is -0.322 e. The van der Waals surface area contributed by atoms with Crippen molar-refractivity contribution in [2.45, 2.75) is 0 Å². The average Bonchev–Trinajstić information content (AvgIpc) is 2.77. The summed E-state index contributed by atoms with van der Waals surface area (Å²) in [6.45, 7) is 0. The van der Waals surface area contributed by atoms with Gasteiger partial charge in [-0.15, -0.1) is 0 Å². The van der Waals surface area contributed by atoms with Crippen LogP contribution in [0.2, 0.25) is 0 Å². The van der Waals surface area contributed by atoms with Crippen LogP contribution >= 0.6 is 15.9 Å². The third-order valence-electron chi connectivity index (χ3n) is 3.63. The number of nitrogens with one attached hydrogen (secondary N) is 1. The number of carbonyl (C=O) groups is 3. The van der Waals surface area contributed by atoms with E-state index < -0.39 is 0 Å². The molecule has 5 nitrogen and oxygen atoms in total. The van der Waals surface area contributed by atoms with Gasteiger partial charge in [-0.2, -0.15) is 0 Å². The van der Waals surface area contributed by atoms with E-state index in [0.29, 0.717) is 16.8 Å². The van der Waals surface area contributed by atoms with E-state index in [-0.39, 0.29) is 17.7 Å². The van der Waals surface area contributed by atoms with E-state index in [1.54, 1.807) is 18.2 Å². The second-order valence-electron chi connectivity index (χ2n) is 5.31. The average molecular weight is 385 g/mol. The number of imide groups is 1. The van der Waals surface area contributed by atoms with E-state index in [1.165, 1.54) is 19.2 Å². The summed E-state index contributed by atoms with van der Waals surface area (Å²) in [4.78, 5) is 36.9. The topological polar surface area (TPSA) is 66.5 Å². The smallest absolute Gasteiger partial charge is 0.261 e. The number of nitrogens with zero attached hydrogens (tertiary/aromatic N) is 1. The summed E-state index contributed by atoms with van der Waals surface area (Å²) in [6.07, 6.45) is 3.10. The standard InChI is InChI=1S/C18H13BrN2O3/c1-21-17(23)14-7-6-13(10-15(14)18(21)24)20-16(22)8-5-11-3-2-4-12(19)9-11/h2-10H,1H3,(H,20,22)/b8-5+. The number of hydrogen-bond donors (Lipinski definition) is 1. The van der Waals surface area contributed by atoms with Crippen molar-refractivity contribution in [3.63, 3.8) is 0 Å². The molecule has 120 valence electrons. The lowest BCUT2D eigenvalue weighted by Crippen LogP contribution is -2.24. The third-order valence-corrected chi connectivity index (χ3v) is 4.13. The molecule has 0 unspecified atom stereocenters. The first-order valence-electron chi connectivity index (χ1n) is 7.17. The summed E-state index contributed by atoms with van der Waals surface area (Å²) in [6, 6.07) is 12.2. The minimum absolute atomic E-state index is 0.302. The molecule has 0 atom stereocenters. The first-order valence-corrected chi connectivity index (χ1v) is 7.96. The highest BCUT2D eigenvalue weighted by atomic mass is 79.9. The van der Waals surface area contributed by atoms with Crippen LogP contribution in [0.3, 0.4) is 0 Å². The Morgan fingerprint density at radius 1 is 1.08 bits per heavy atom. The molecule has 0 spiro atoms. The van der Waals surface area contributed by atoms with Gasteiger partial charge >= 0.3 is 0 Å². The first-order chi connectivity index (χ1) is 11.5. The van der Waals surface area contributed by atoms with E-state index >= 15 is 0 Å². The van der Waals surface area contributed by atoms with Crippen molar-refractivity contribution in [1.29, 1.82) is 0 Å². The zero-order valence-corrected chi connectivity index (χ0v) is 14.3. The van der Waals surface area contributed by atoms with Crippen molar-refractivity contribution in [1.82, 2.24) is 4.90 Å². The van der Waals surface area contributed by atoms with Gasteiger partial charge in [0, 0.05) is 23.3 Å². The predicted octanol–water partition coefficient (Wildman–Crippen LogP) is 3.33. The van der Waals surface area contributed by atoms with E-state index in [0.717, 1.165) is 14.9 Å². The Labute approximate surface area is 147 Å². The third kappa shape index (κ3) is 3.14. The number of benzene rings is 2. The molecule has 0 aromatic heterocycles. The molecule has 1 aliphatic heterocycles. The Kier molecular flexibility index (Phi) is 4.31. The lowest BCUT2D eigenvalue weighted by Gasteiger charge is -2.04. The molecule has 6 heteroatoms. The second-order valence-corrected chi connectivity index (χ2v) is 6.22. The summed E-state index contributed by atoms with van der Waals surface area (Å²) in [5.74, 6) is -1.02. The molecule has 3 amide bonds. The monoisotopic (exact) mass is 384 g/mol. The van der Waals surface area contributed by atoms with Gasteiger partial charge in [-0.05, 0) is 42.0 Å². The number of carbonyl (C=O) groups excluding carboxylic acids is 3. The molecule has 1 heterocycles. The minimum atomic E-state index is -0.365. The summed E-state index contributed by atoms with van der Waals surface area (Å²) >= 11 is 3.37. The number of hydrogen-bond acceptors (Lipinski definition) is 3. The van der Waals surface area contributed by atoms with Crippen LogP contribution in [0.4, 0.5) is 5.69 Å². The molecule has 2 aromatic carbocycles. The van der Waals surface area contributed by atoms with Crippen LogP contribution in [0.5, 0.6) is 0 Å². The van der Waals surface area contributed by atoms with E-state index in [4.69, 9.17) is 0 Å². The van der Waals surface area contributed by atoms with Gasteiger partial charge in [0.1, 0.15) is 0 Å². The van der Waals surface area contributed by atoms with Crippen LogP contribution in [0, 0.1) is 0 Å². The zero-order chi connectivity index (χ0) is 17.3. The van der Waals surface area contributed by atoms with Gasteiger partial charge in [0.05, 0.1) is 11.1 Å². The molecule has 3 rings (SSSR count). The summed E-state index contributed by atoms with van der Waals surface area (Å²) < 4.78 is 0.927. The Morgan fingerprint density at radius 3 is 2.58 bits per heavy atom. The molecule has 1 aliphatic rings. The van der Waals surface area contributed by atoms with Crippen LogP contribution in [0.1, 0.15) is 26.3 Å². The van der Waals surface area contributed by atoms with Crippen LogP contribution < -0.4 is 5.32 Å². The maximum absolute atomic E-state index is 12.0. The van der Waals surface area contributed by atoms with Crippen LogP contribution in [-0.2, 0) is 4.79 Å². The fourth-order valence-corrected chi connectivity index (χ4v) is 2.82. The quantitative estimate of drug-likeness (QED) is 0.651. The Balaban J connectivity index is 1.74. The van der Waals surface area contributed by atoms with Crippen LogP contribution in [-0.4, -0.2) is 29.7 Å². The number of amides is 3. The zero-order valence-electron chi connectivity index (χ0n) is 12.7. The van der Waals surface area contributed by atoms with Crippen molar-refractivity contribution in [3.8, 4) is 0 Å². The highest BCUT2D eigenvalue weighted by Crippen LogP contribution is 2.24. The molecule has 0 saturated heterocycles. The van der Waals surface area contributed by atoms with Gasteiger partial charge in [-0.1, -0.05) is 28.1 Å². The lowest BCUT2D eigenvalue weighted by molar-refractivity contribution is -0.111. The van der Waals surface area contributed by atoms with E-state index in [2.05, 4.69) is 21.2 Å². The van der Waals surface area contributed by atoms with Crippen molar-refractivity contribution in [2.24, 2.45) is 0 Å². The highest BCUT2D eigenvalue weighted by Gasteiger charge is 2.32. The number of fused-ring (bicyclic) bond motifs is 1. The normalized spacial score (nSPS) is 13.5. The van der Waals surface area contributed by atoms with Crippen LogP contribution in [0.25, 0.3) is 6.08 Å². The summed E-state index contributed by atoms with van der Waals surface area (Å²) in [5.41, 5.74) is 2.01. The maximum atomic E-state index is 12.0. The molecule has 24 heavy (non-hydrogen) atoms. The summed E-state index contributed by atoms with van der Waals surface area (Å²) in [5, 5.41) is 2.69. The molecule has 1 N–H and O–H groups in total. The lowest BCUT2D eigenvalue weighted by atomic mass is 10.1. The van der Waals surface area contributed by atoms with Gasteiger partial charge in [-0.3, -0.25) is 19.3 Å². The van der Waals surface area contributed by atoms with Crippen molar-refractivity contribution in [2.75, 3.05) is 12.4 Å². The number of halogens is 1. The molecule has 0 saturated carbocycles. The first kappa shape index (κ1) is 16.1. The van der Waals surface area contributed by atoms with Gasteiger partial charge < -0.3 is 5.32 Å². The molecule has 0 bridgehead atoms. The molecule has 0 fully saturated rings.